The van der Waals surface area contributed by atoms with Crippen molar-refractivity contribution in [3.63, 3.8) is 0 Å². The number of rotatable bonds is 4. The van der Waals surface area contributed by atoms with Crippen LogP contribution in [0.5, 0.6) is 0 Å². The molecule has 1 saturated heterocycles. The second kappa shape index (κ2) is 7.05. The summed E-state index contributed by atoms with van der Waals surface area (Å²) in [6, 6.07) is 8.58. The van der Waals surface area contributed by atoms with Crippen LogP contribution in [-0.2, 0) is 21.5 Å². The molecule has 2 aliphatic rings. The van der Waals surface area contributed by atoms with Gasteiger partial charge in [-0.1, -0.05) is 6.07 Å². The molecule has 2 aromatic heterocycles. The summed E-state index contributed by atoms with van der Waals surface area (Å²) >= 11 is 1.60. The van der Waals surface area contributed by atoms with E-state index in [-0.39, 0.29) is 12.5 Å². The molecule has 4 amide bonds. The molecule has 1 aromatic carbocycles. The second-order valence-electron chi connectivity index (χ2n) is 7.81. The van der Waals surface area contributed by atoms with Crippen molar-refractivity contribution in [1.29, 1.82) is 0 Å². The monoisotopic (exact) mass is 436 g/mol. The zero-order chi connectivity index (χ0) is 21.8. The maximum atomic E-state index is 13.0. The molecule has 0 spiro atoms. The maximum absolute atomic E-state index is 13.0. The van der Waals surface area contributed by atoms with Gasteiger partial charge in [-0.2, -0.15) is 0 Å². The van der Waals surface area contributed by atoms with Gasteiger partial charge in [0.25, 0.3) is 5.91 Å². The van der Waals surface area contributed by atoms with E-state index in [9.17, 15) is 14.4 Å². The Labute approximate surface area is 182 Å². The van der Waals surface area contributed by atoms with Crippen LogP contribution in [0.1, 0.15) is 23.3 Å². The fraction of sp³-hybridized carbons (Fsp3) is 0.273. The Bertz CT molecular complexity index is 1200. The van der Waals surface area contributed by atoms with Crippen LogP contribution in [0.4, 0.5) is 10.5 Å². The smallest absolute Gasteiger partial charge is 0.325 e. The van der Waals surface area contributed by atoms with Crippen LogP contribution in [0.3, 0.4) is 0 Å². The fourth-order valence-electron chi connectivity index (χ4n) is 4.11. The Kier molecular flexibility index (Phi) is 4.44. The van der Waals surface area contributed by atoms with Gasteiger partial charge in [0, 0.05) is 23.2 Å². The van der Waals surface area contributed by atoms with Gasteiger partial charge in [0.15, 0.2) is 5.54 Å². The van der Waals surface area contributed by atoms with Gasteiger partial charge in [0.1, 0.15) is 12.3 Å². The minimum atomic E-state index is -1.32. The van der Waals surface area contributed by atoms with Gasteiger partial charge < -0.3 is 14.6 Å². The minimum absolute atomic E-state index is 0.303. The normalized spacial score (nSPS) is 20.3. The number of urea groups is 1. The molecule has 1 unspecified atom stereocenters. The highest BCUT2D eigenvalue weighted by atomic mass is 32.1. The third-order valence-corrected chi connectivity index (χ3v) is 6.55. The first-order valence-electron chi connectivity index (χ1n) is 9.91. The highest BCUT2D eigenvalue weighted by molar-refractivity contribution is 7.09. The molecular weight excluding hydrogens is 416 g/mol. The summed E-state index contributed by atoms with van der Waals surface area (Å²) in [6.07, 6.45) is 2.15. The Hall–Kier alpha value is -3.46. The van der Waals surface area contributed by atoms with Gasteiger partial charge in [-0.15, -0.1) is 11.3 Å². The number of hydrogen-bond donors (Lipinski definition) is 1. The molecule has 0 aliphatic carbocycles. The topological polar surface area (TPSA) is 95.8 Å². The van der Waals surface area contributed by atoms with E-state index in [2.05, 4.69) is 16.4 Å². The van der Waals surface area contributed by atoms with Gasteiger partial charge in [-0.25, -0.2) is 9.78 Å². The molecule has 3 aromatic rings. The number of benzene rings is 1. The number of aromatic nitrogens is 1. The predicted molar refractivity (Wildman–Crippen MR) is 115 cm³/mol. The largest absolute Gasteiger partial charge is 0.466 e. The van der Waals surface area contributed by atoms with Crippen LogP contribution in [0.25, 0.3) is 11.3 Å². The van der Waals surface area contributed by atoms with Crippen molar-refractivity contribution >= 4 is 34.9 Å². The number of carbonyl (C=O) groups excluding carboxylic acids is 3. The van der Waals surface area contributed by atoms with Gasteiger partial charge >= 0.3 is 6.03 Å². The maximum Gasteiger partial charge on any atom is 0.325 e. The highest BCUT2D eigenvalue weighted by Gasteiger charge is 2.51. The number of furan rings is 1. The van der Waals surface area contributed by atoms with Crippen LogP contribution in [0.2, 0.25) is 0 Å². The molecule has 158 valence electrons. The molecule has 31 heavy (non-hydrogen) atoms. The summed E-state index contributed by atoms with van der Waals surface area (Å²) in [6.45, 7) is 3.72. The Morgan fingerprint density at radius 3 is 2.87 bits per heavy atom. The fourth-order valence-corrected chi connectivity index (χ4v) is 4.73. The van der Waals surface area contributed by atoms with E-state index in [1.54, 1.807) is 35.3 Å². The Morgan fingerprint density at radius 2 is 2.16 bits per heavy atom. The van der Waals surface area contributed by atoms with Crippen LogP contribution in [0.15, 0.2) is 46.4 Å². The van der Waals surface area contributed by atoms with Crippen LogP contribution in [0, 0.1) is 6.92 Å². The van der Waals surface area contributed by atoms with Crippen LogP contribution in [-0.4, -0.2) is 40.8 Å². The Balaban J connectivity index is 1.34. The van der Waals surface area contributed by atoms with Crippen molar-refractivity contribution < 1.29 is 18.8 Å². The summed E-state index contributed by atoms with van der Waals surface area (Å²) in [7, 11) is 0. The predicted octanol–water partition coefficient (Wildman–Crippen LogP) is 3.07. The molecule has 1 N–H and O–H groups in total. The SMILES string of the molecule is Cc1nc(-c2ccc3c(c2)CCN3C(=O)CN2C(=O)NC(C)(c3ccco3)C2=O)cs1. The zero-order valence-corrected chi connectivity index (χ0v) is 17.9. The average molecular weight is 436 g/mol. The number of hydrogen-bond acceptors (Lipinski definition) is 6. The summed E-state index contributed by atoms with van der Waals surface area (Å²) in [5.74, 6) is -0.477. The number of carbonyl (C=O) groups is 3. The molecule has 2 aliphatic heterocycles. The molecule has 0 radical (unpaired) electrons. The molecule has 4 heterocycles. The van der Waals surface area contributed by atoms with E-state index >= 15 is 0 Å². The Morgan fingerprint density at radius 1 is 1.32 bits per heavy atom. The lowest BCUT2D eigenvalue weighted by Crippen LogP contribution is -2.44. The lowest BCUT2D eigenvalue weighted by molar-refractivity contribution is -0.134. The number of nitrogens with one attached hydrogen (secondary N) is 1. The zero-order valence-electron chi connectivity index (χ0n) is 17.0. The number of nitrogens with zero attached hydrogens (tertiary/aromatic N) is 3. The number of amides is 4. The number of fused-ring (bicyclic) bond motifs is 1. The third-order valence-electron chi connectivity index (χ3n) is 5.77. The number of aryl methyl sites for hydroxylation is 1. The number of thiazole rings is 1. The first-order valence-corrected chi connectivity index (χ1v) is 10.8. The third kappa shape index (κ3) is 3.12. The lowest BCUT2D eigenvalue weighted by atomic mass is 9.99. The van der Waals surface area contributed by atoms with Gasteiger partial charge in [-0.05, 0) is 50.1 Å². The lowest BCUT2D eigenvalue weighted by Gasteiger charge is -2.22. The molecule has 1 atom stereocenters. The van der Waals surface area contributed by atoms with Crippen molar-refractivity contribution in [2.75, 3.05) is 18.0 Å². The second-order valence-corrected chi connectivity index (χ2v) is 8.88. The first-order chi connectivity index (χ1) is 14.9. The molecule has 8 nitrogen and oxygen atoms in total. The standard InChI is InChI=1S/C22H20N4O4S/c1-13-23-16(12-31-13)14-5-6-17-15(10-14)7-8-25(17)19(27)11-26-20(28)22(2,24-21(26)29)18-4-3-9-30-18/h3-6,9-10,12H,7-8,11H2,1-2H3,(H,24,29). The van der Waals surface area contributed by atoms with Crippen molar-refractivity contribution in [1.82, 2.24) is 15.2 Å². The van der Waals surface area contributed by atoms with Crippen LogP contribution < -0.4 is 10.2 Å². The molecule has 9 heteroatoms. The molecule has 5 rings (SSSR count). The van der Waals surface area contributed by atoms with Crippen molar-refractivity contribution in [2.24, 2.45) is 0 Å². The summed E-state index contributed by atoms with van der Waals surface area (Å²) in [5, 5.41) is 5.66. The minimum Gasteiger partial charge on any atom is -0.466 e. The van der Waals surface area contributed by atoms with E-state index in [4.69, 9.17) is 4.42 Å². The van der Waals surface area contributed by atoms with Gasteiger partial charge in [0.05, 0.1) is 17.0 Å². The molecule has 0 bridgehead atoms. The van der Waals surface area contributed by atoms with Crippen molar-refractivity contribution in [2.45, 2.75) is 25.8 Å². The highest BCUT2D eigenvalue weighted by Crippen LogP contribution is 2.34. The number of imide groups is 1. The summed E-state index contributed by atoms with van der Waals surface area (Å²) < 4.78 is 5.33. The summed E-state index contributed by atoms with van der Waals surface area (Å²) in [4.78, 5) is 45.6. The van der Waals surface area contributed by atoms with Crippen LogP contribution >= 0.6 is 11.3 Å². The van der Waals surface area contributed by atoms with Crippen molar-refractivity contribution in [3.05, 3.63) is 58.3 Å². The van der Waals surface area contributed by atoms with E-state index < -0.39 is 17.5 Å². The van der Waals surface area contributed by atoms with E-state index in [1.165, 1.54) is 6.26 Å². The van der Waals surface area contributed by atoms with E-state index in [0.717, 1.165) is 32.4 Å². The molecule has 0 saturated carbocycles. The molecule has 1 fully saturated rings. The number of anilines is 1. The first kappa shape index (κ1) is 19.5. The summed E-state index contributed by atoms with van der Waals surface area (Å²) in [5.41, 5.74) is 2.48. The van der Waals surface area contributed by atoms with Crippen molar-refractivity contribution in [3.8, 4) is 11.3 Å². The van der Waals surface area contributed by atoms with E-state index in [1.807, 2.05) is 24.4 Å². The van der Waals surface area contributed by atoms with Gasteiger partial charge in [-0.3, -0.25) is 14.5 Å². The average Bonchev–Trinajstić information content (AvgIpc) is 3.52. The molecular formula is C22H20N4O4S. The van der Waals surface area contributed by atoms with E-state index in [0.29, 0.717) is 18.7 Å². The quantitative estimate of drug-likeness (QED) is 0.634. The van der Waals surface area contributed by atoms with Gasteiger partial charge in [0.2, 0.25) is 5.91 Å².